The summed E-state index contributed by atoms with van der Waals surface area (Å²) >= 11 is 0. The van der Waals surface area contributed by atoms with Crippen LogP contribution in [-0.4, -0.2) is 69.1 Å². The minimum Gasteiger partial charge on any atom is -0.467 e. The third-order valence-corrected chi connectivity index (χ3v) is 4.74. The quantitative estimate of drug-likeness (QED) is 0.327. The summed E-state index contributed by atoms with van der Waals surface area (Å²) in [6.07, 6.45) is -0.891. The summed E-state index contributed by atoms with van der Waals surface area (Å²) < 4.78 is 73.1. The summed E-state index contributed by atoms with van der Waals surface area (Å²) in [5.74, 6) is -2.10. The van der Waals surface area contributed by atoms with Crippen LogP contribution in [0.3, 0.4) is 0 Å². The van der Waals surface area contributed by atoms with Crippen LogP contribution in [0.15, 0.2) is 24.3 Å². The zero-order valence-electron chi connectivity index (χ0n) is 18.6. The van der Waals surface area contributed by atoms with Crippen molar-refractivity contribution in [2.45, 2.75) is 44.3 Å². The van der Waals surface area contributed by atoms with Gasteiger partial charge in [0.05, 0.1) is 7.11 Å². The van der Waals surface area contributed by atoms with Crippen LogP contribution in [0.5, 0.6) is 5.75 Å². The molecule has 1 atom stereocenters. The van der Waals surface area contributed by atoms with Gasteiger partial charge in [-0.3, -0.25) is 4.79 Å². The number of nitrogens with one attached hydrogen (secondary N) is 1. The van der Waals surface area contributed by atoms with E-state index in [4.69, 9.17) is 4.74 Å². The molecule has 1 aromatic rings. The Bertz CT molecular complexity index is 957. The van der Waals surface area contributed by atoms with Crippen LogP contribution in [-0.2, 0) is 35.6 Å². The molecule has 1 aromatic carbocycles. The molecule has 0 spiro atoms. The summed E-state index contributed by atoms with van der Waals surface area (Å²) in [6.45, 7) is 4.54. The summed E-state index contributed by atoms with van der Waals surface area (Å²) in [5.41, 5.74) is -6.01. The first-order valence-corrected chi connectivity index (χ1v) is 10.8. The van der Waals surface area contributed by atoms with E-state index in [2.05, 4.69) is 14.2 Å². The number of hydrogen-bond acceptors (Lipinski definition) is 8. The van der Waals surface area contributed by atoms with Gasteiger partial charge in [0.1, 0.15) is 23.9 Å². The Morgan fingerprint density at radius 1 is 1.09 bits per heavy atom. The van der Waals surface area contributed by atoms with E-state index in [1.165, 1.54) is 19.2 Å². The SMILES string of the molecule is COC(=O)[C@H](Cc1ccc(OS(=O)(=O)C(F)(F)F)cc1)NC(=O)CN(C)C(=O)OC(C)(C)C. The van der Waals surface area contributed by atoms with E-state index in [1.807, 2.05) is 0 Å². The largest absolute Gasteiger partial charge is 0.534 e. The normalized spacial score (nSPS) is 13.0. The van der Waals surface area contributed by atoms with Crippen molar-refractivity contribution in [3.8, 4) is 5.75 Å². The molecule has 0 aliphatic rings. The fourth-order valence-electron chi connectivity index (χ4n) is 2.29. The third kappa shape index (κ3) is 9.16. The molecule has 0 aromatic heterocycles. The molecule has 0 saturated carbocycles. The standard InChI is InChI=1S/C19H25F3N2O8S/c1-18(2,3)31-17(27)24(4)11-15(25)23-14(16(26)30-5)10-12-6-8-13(9-7-12)32-33(28,29)19(20,21)22/h6-9,14H,10-11H2,1-5H3,(H,23,25)/t14-/m0/s1. The predicted molar refractivity (Wildman–Crippen MR) is 109 cm³/mol. The number of carbonyl (C=O) groups is 3. The van der Waals surface area contributed by atoms with Crippen LogP contribution in [0.25, 0.3) is 0 Å². The molecule has 186 valence electrons. The van der Waals surface area contributed by atoms with E-state index in [-0.39, 0.29) is 6.42 Å². The van der Waals surface area contributed by atoms with Gasteiger partial charge in [0.2, 0.25) is 5.91 Å². The lowest BCUT2D eigenvalue weighted by Crippen LogP contribution is -2.48. The first kappa shape index (κ1) is 28.0. The number of amides is 2. The van der Waals surface area contributed by atoms with Gasteiger partial charge in [-0.15, -0.1) is 0 Å². The third-order valence-electron chi connectivity index (χ3n) is 3.76. The minimum atomic E-state index is -5.82. The van der Waals surface area contributed by atoms with Gasteiger partial charge in [-0.2, -0.15) is 21.6 Å². The molecule has 1 N–H and O–H groups in total. The first-order valence-electron chi connectivity index (χ1n) is 9.36. The fourth-order valence-corrected chi connectivity index (χ4v) is 2.75. The number of methoxy groups -OCH3 is 1. The molecule has 10 nitrogen and oxygen atoms in total. The Labute approximate surface area is 189 Å². The average Bonchev–Trinajstić information content (AvgIpc) is 2.65. The molecule has 0 saturated heterocycles. The minimum absolute atomic E-state index is 0.138. The fraction of sp³-hybridized carbons (Fsp3) is 0.526. The lowest BCUT2D eigenvalue weighted by molar-refractivity contribution is -0.145. The Morgan fingerprint density at radius 2 is 1.64 bits per heavy atom. The smallest absolute Gasteiger partial charge is 0.467 e. The van der Waals surface area contributed by atoms with Crippen molar-refractivity contribution in [3.63, 3.8) is 0 Å². The lowest BCUT2D eigenvalue weighted by atomic mass is 10.1. The van der Waals surface area contributed by atoms with E-state index < -0.39 is 57.5 Å². The summed E-state index contributed by atoms with van der Waals surface area (Å²) in [4.78, 5) is 37.3. The number of hydrogen-bond donors (Lipinski definition) is 1. The number of rotatable bonds is 8. The molecule has 0 aliphatic carbocycles. The van der Waals surface area contributed by atoms with Crippen molar-refractivity contribution >= 4 is 28.1 Å². The maximum Gasteiger partial charge on any atom is 0.534 e. The number of likely N-dealkylation sites (N-methyl/N-ethyl adjacent to an activating group) is 1. The van der Waals surface area contributed by atoms with Crippen molar-refractivity contribution in [2.75, 3.05) is 20.7 Å². The highest BCUT2D eigenvalue weighted by Gasteiger charge is 2.48. The van der Waals surface area contributed by atoms with E-state index in [0.717, 1.165) is 24.1 Å². The summed E-state index contributed by atoms with van der Waals surface area (Å²) in [6, 6.07) is 3.17. The number of alkyl halides is 3. The van der Waals surface area contributed by atoms with Crippen molar-refractivity contribution in [3.05, 3.63) is 29.8 Å². The average molecular weight is 498 g/mol. The lowest BCUT2D eigenvalue weighted by Gasteiger charge is -2.25. The molecule has 2 amide bonds. The van der Waals surface area contributed by atoms with Gasteiger partial charge in [0.25, 0.3) is 0 Å². The maximum atomic E-state index is 12.4. The molecular weight excluding hydrogens is 473 g/mol. The number of esters is 1. The van der Waals surface area contributed by atoms with Gasteiger partial charge in [-0.25, -0.2) is 9.59 Å². The molecule has 0 radical (unpaired) electrons. The van der Waals surface area contributed by atoms with Crippen LogP contribution < -0.4 is 9.50 Å². The van der Waals surface area contributed by atoms with Crippen molar-refractivity contribution in [1.29, 1.82) is 0 Å². The van der Waals surface area contributed by atoms with Crippen molar-refractivity contribution in [2.24, 2.45) is 0 Å². The van der Waals surface area contributed by atoms with E-state index >= 15 is 0 Å². The summed E-state index contributed by atoms with van der Waals surface area (Å²) in [5, 5.41) is 2.40. The second-order valence-corrected chi connectivity index (χ2v) is 9.35. The molecule has 0 fully saturated rings. The molecule has 33 heavy (non-hydrogen) atoms. The number of ether oxygens (including phenoxy) is 2. The van der Waals surface area contributed by atoms with E-state index in [9.17, 15) is 36.0 Å². The van der Waals surface area contributed by atoms with Crippen LogP contribution >= 0.6 is 0 Å². The second-order valence-electron chi connectivity index (χ2n) is 7.81. The Balaban J connectivity index is 2.83. The Hall–Kier alpha value is -3.03. The van der Waals surface area contributed by atoms with Crippen LogP contribution in [0.1, 0.15) is 26.3 Å². The first-order chi connectivity index (χ1) is 14.9. The molecule has 0 bridgehead atoms. The van der Waals surface area contributed by atoms with Gasteiger partial charge < -0.3 is 23.9 Å². The van der Waals surface area contributed by atoms with Gasteiger partial charge in [0.15, 0.2) is 0 Å². The zero-order valence-corrected chi connectivity index (χ0v) is 19.4. The molecule has 0 heterocycles. The molecular formula is C19H25F3N2O8S. The van der Waals surface area contributed by atoms with Gasteiger partial charge in [-0.05, 0) is 38.5 Å². The molecule has 0 unspecified atom stereocenters. The maximum absolute atomic E-state index is 12.4. The Kier molecular flexibility index (Phi) is 9.10. The van der Waals surface area contributed by atoms with Gasteiger partial charge >= 0.3 is 27.7 Å². The predicted octanol–water partition coefficient (Wildman–Crippen LogP) is 1.98. The van der Waals surface area contributed by atoms with Crippen molar-refractivity contribution < 1.29 is 49.6 Å². The monoisotopic (exact) mass is 498 g/mol. The van der Waals surface area contributed by atoms with Crippen LogP contribution in [0.4, 0.5) is 18.0 Å². The topological polar surface area (TPSA) is 128 Å². The number of nitrogens with zero attached hydrogens (tertiary/aromatic N) is 1. The van der Waals surface area contributed by atoms with Crippen LogP contribution in [0, 0.1) is 0 Å². The second kappa shape index (κ2) is 10.7. The van der Waals surface area contributed by atoms with Crippen molar-refractivity contribution in [1.82, 2.24) is 10.2 Å². The highest BCUT2D eigenvalue weighted by Crippen LogP contribution is 2.27. The highest BCUT2D eigenvalue weighted by atomic mass is 32.2. The Morgan fingerprint density at radius 3 is 2.09 bits per heavy atom. The van der Waals surface area contributed by atoms with E-state index in [1.54, 1.807) is 20.8 Å². The number of benzene rings is 1. The molecule has 14 heteroatoms. The zero-order chi connectivity index (χ0) is 25.6. The highest BCUT2D eigenvalue weighted by molar-refractivity contribution is 7.88. The van der Waals surface area contributed by atoms with Gasteiger partial charge in [-0.1, -0.05) is 12.1 Å². The molecule has 0 aliphatic heterocycles. The number of carbonyl (C=O) groups excluding carboxylic acids is 3. The summed E-state index contributed by atoms with van der Waals surface area (Å²) in [7, 11) is -3.41. The van der Waals surface area contributed by atoms with Crippen LogP contribution in [0.2, 0.25) is 0 Å². The number of halogens is 3. The van der Waals surface area contributed by atoms with Gasteiger partial charge in [0, 0.05) is 13.5 Å². The van der Waals surface area contributed by atoms with E-state index in [0.29, 0.717) is 5.56 Å². The molecule has 1 rings (SSSR count).